The smallest absolute Gasteiger partial charge is 0.195 e. The molecule has 1 heterocycles. The fourth-order valence-corrected chi connectivity index (χ4v) is 2.39. The minimum atomic E-state index is -0.575. The lowest BCUT2D eigenvalue weighted by Crippen LogP contribution is -2.27. The Hall–Kier alpha value is -0.0900. The molecule has 0 spiro atoms. The van der Waals surface area contributed by atoms with Gasteiger partial charge in [0.1, 0.15) is 0 Å². The first-order valence-electron chi connectivity index (χ1n) is 4.87. The van der Waals surface area contributed by atoms with Gasteiger partial charge in [-0.15, -0.1) is 0 Å². The van der Waals surface area contributed by atoms with Crippen LogP contribution in [0.5, 0.6) is 0 Å². The molecule has 1 aromatic carbocycles. The molecule has 4 heteroatoms. The summed E-state index contributed by atoms with van der Waals surface area (Å²) in [5, 5.41) is 1.57. The van der Waals surface area contributed by atoms with Crippen molar-refractivity contribution in [1.29, 1.82) is 0 Å². The number of rotatable bonds is 3. The lowest BCUT2D eigenvalue weighted by molar-refractivity contribution is -0.166. The Morgan fingerprint density at radius 3 is 2.33 bits per heavy atom. The standard InChI is InChI=1S/C11H12BrClO2/c12-6-5-11(14-7-8-15-11)9-1-3-10(13)4-2-9/h1-4H,5-8H2. The van der Waals surface area contributed by atoms with Gasteiger partial charge in [0, 0.05) is 22.3 Å². The fraction of sp³-hybridized carbons (Fsp3) is 0.455. The molecule has 1 aromatic rings. The van der Waals surface area contributed by atoms with E-state index in [4.69, 9.17) is 21.1 Å². The molecule has 0 bridgehead atoms. The second kappa shape index (κ2) is 4.83. The van der Waals surface area contributed by atoms with Crippen LogP contribution in [0.25, 0.3) is 0 Å². The molecule has 1 saturated heterocycles. The highest BCUT2D eigenvalue weighted by atomic mass is 79.9. The van der Waals surface area contributed by atoms with Gasteiger partial charge in [0.2, 0.25) is 0 Å². The van der Waals surface area contributed by atoms with Gasteiger partial charge in [0.25, 0.3) is 0 Å². The molecule has 0 radical (unpaired) electrons. The normalized spacial score (nSPS) is 19.3. The zero-order valence-electron chi connectivity index (χ0n) is 8.21. The average Bonchev–Trinajstić information content (AvgIpc) is 2.69. The molecule has 15 heavy (non-hydrogen) atoms. The lowest BCUT2D eigenvalue weighted by atomic mass is 10.0. The summed E-state index contributed by atoms with van der Waals surface area (Å²) in [4.78, 5) is 0. The van der Waals surface area contributed by atoms with Gasteiger partial charge in [0.15, 0.2) is 5.79 Å². The minimum absolute atomic E-state index is 0.575. The van der Waals surface area contributed by atoms with Crippen LogP contribution in [-0.4, -0.2) is 18.5 Å². The van der Waals surface area contributed by atoms with E-state index in [1.165, 1.54) is 0 Å². The van der Waals surface area contributed by atoms with Gasteiger partial charge in [-0.3, -0.25) is 0 Å². The van der Waals surface area contributed by atoms with Gasteiger partial charge >= 0.3 is 0 Å². The van der Waals surface area contributed by atoms with Crippen LogP contribution in [-0.2, 0) is 15.3 Å². The summed E-state index contributed by atoms with van der Waals surface area (Å²) in [7, 11) is 0. The predicted molar refractivity (Wildman–Crippen MR) is 63.4 cm³/mol. The van der Waals surface area contributed by atoms with Gasteiger partial charge in [0.05, 0.1) is 13.2 Å². The zero-order valence-corrected chi connectivity index (χ0v) is 10.6. The summed E-state index contributed by atoms with van der Waals surface area (Å²) in [5.41, 5.74) is 1.03. The SMILES string of the molecule is Clc1ccc(C2(CCBr)OCCO2)cc1. The second-order valence-corrected chi connectivity index (χ2v) is 4.63. The molecule has 2 nitrogen and oxygen atoms in total. The summed E-state index contributed by atoms with van der Waals surface area (Å²) in [5.74, 6) is -0.575. The van der Waals surface area contributed by atoms with E-state index < -0.39 is 5.79 Å². The Kier molecular flexibility index (Phi) is 3.67. The molecule has 0 N–H and O–H groups in total. The number of alkyl halides is 1. The first-order valence-corrected chi connectivity index (χ1v) is 6.37. The third-order valence-electron chi connectivity index (χ3n) is 2.46. The van der Waals surface area contributed by atoms with Crippen LogP contribution in [0.4, 0.5) is 0 Å². The highest BCUT2D eigenvalue weighted by Gasteiger charge is 2.37. The molecule has 1 aliphatic heterocycles. The molecule has 0 aliphatic carbocycles. The van der Waals surface area contributed by atoms with Crippen molar-refractivity contribution in [2.24, 2.45) is 0 Å². The Labute approximate surface area is 103 Å². The summed E-state index contributed by atoms with van der Waals surface area (Å²) >= 11 is 9.27. The van der Waals surface area contributed by atoms with Crippen LogP contribution in [0.2, 0.25) is 5.02 Å². The molecule has 0 unspecified atom stereocenters. The largest absolute Gasteiger partial charge is 0.343 e. The second-order valence-electron chi connectivity index (χ2n) is 3.40. The van der Waals surface area contributed by atoms with Gasteiger partial charge in [-0.2, -0.15) is 0 Å². The highest BCUT2D eigenvalue weighted by Crippen LogP contribution is 2.35. The molecular formula is C11H12BrClO2. The predicted octanol–water partition coefficient (Wildman–Crippen LogP) is 3.32. The van der Waals surface area contributed by atoms with E-state index in [0.717, 1.165) is 22.3 Å². The van der Waals surface area contributed by atoms with E-state index in [1.807, 2.05) is 24.3 Å². The monoisotopic (exact) mass is 290 g/mol. The van der Waals surface area contributed by atoms with Crippen molar-refractivity contribution in [3.63, 3.8) is 0 Å². The lowest BCUT2D eigenvalue weighted by Gasteiger charge is -2.27. The fourth-order valence-electron chi connectivity index (χ4n) is 1.74. The summed E-state index contributed by atoms with van der Waals surface area (Å²) in [6, 6.07) is 7.63. The minimum Gasteiger partial charge on any atom is -0.343 e. The van der Waals surface area contributed by atoms with Crippen molar-refractivity contribution in [3.05, 3.63) is 34.9 Å². The number of hydrogen-bond acceptors (Lipinski definition) is 2. The van der Waals surface area contributed by atoms with E-state index in [9.17, 15) is 0 Å². The third kappa shape index (κ3) is 2.36. The van der Waals surface area contributed by atoms with Gasteiger partial charge in [-0.25, -0.2) is 0 Å². The molecular weight excluding hydrogens is 279 g/mol. The Morgan fingerprint density at radius 2 is 1.80 bits per heavy atom. The molecule has 1 fully saturated rings. The van der Waals surface area contributed by atoms with Crippen molar-refractivity contribution in [2.75, 3.05) is 18.5 Å². The number of ether oxygens (including phenoxy) is 2. The van der Waals surface area contributed by atoms with Gasteiger partial charge in [-0.1, -0.05) is 39.7 Å². The van der Waals surface area contributed by atoms with E-state index in [0.29, 0.717) is 13.2 Å². The quantitative estimate of drug-likeness (QED) is 0.795. The Bertz CT molecular complexity index is 320. The van der Waals surface area contributed by atoms with Gasteiger partial charge in [-0.05, 0) is 12.1 Å². The van der Waals surface area contributed by atoms with Crippen LogP contribution in [0.1, 0.15) is 12.0 Å². The van der Waals surface area contributed by atoms with E-state index in [2.05, 4.69) is 15.9 Å². The average molecular weight is 292 g/mol. The van der Waals surface area contributed by atoms with Crippen LogP contribution in [0, 0.1) is 0 Å². The first-order chi connectivity index (χ1) is 7.27. The third-order valence-corrected chi connectivity index (χ3v) is 3.11. The topological polar surface area (TPSA) is 18.5 Å². The van der Waals surface area contributed by atoms with Crippen LogP contribution >= 0.6 is 27.5 Å². The molecule has 82 valence electrons. The number of halogens is 2. The summed E-state index contributed by atoms with van der Waals surface area (Å²) in [6.07, 6.45) is 0.800. The maximum Gasteiger partial charge on any atom is 0.195 e. The van der Waals surface area contributed by atoms with Crippen molar-refractivity contribution in [2.45, 2.75) is 12.2 Å². The van der Waals surface area contributed by atoms with Crippen LogP contribution in [0.15, 0.2) is 24.3 Å². The van der Waals surface area contributed by atoms with E-state index in [-0.39, 0.29) is 0 Å². The molecule has 0 amide bonds. The summed E-state index contributed by atoms with van der Waals surface area (Å²) in [6.45, 7) is 1.30. The Balaban J connectivity index is 2.28. The number of benzene rings is 1. The number of hydrogen-bond donors (Lipinski definition) is 0. The van der Waals surface area contributed by atoms with E-state index >= 15 is 0 Å². The van der Waals surface area contributed by atoms with E-state index in [1.54, 1.807) is 0 Å². The molecule has 0 saturated carbocycles. The van der Waals surface area contributed by atoms with Crippen molar-refractivity contribution in [1.82, 2.24) is 0 Å². The van der Waals surface area contributed by atoms with Crippen molar-refractivity contribution < 1.29 is 9.47 Å². The molecule has 2 rings (SSSR count). The van der Waals surface area contributed by atoms with Crippen LogP contribution < -0.4 is 0 Å². The van der Waals surface area contributed by atoms with Crippen LogP contribution in [0.3, 0.4) is 0 Å². The maximum atomic E-state index is 5.85. The van der Waals surface area contributed by atoms with Gasteiger partial charge < -0.3 is 9.47 Å². The maximum absolute atomic E-state index is 5.85. The molecule has 1 aliphatic rings. The van der Waals surface area contributed by atoms with Crippen molar-refractivity contribution in [3.8, 4) is 0 Å². The first kappa shape index (κ1) is 11.4. The highest BCUT2D eigenvalue weighted by molar-refractivity contribution is 9.09. The molecule has 0 aromatic heterocycles. The molecule has 0 atom stereocenters. The van der Waals surface area contributed by atoms with Crippen molar-refractivity contribution >= 4 is 27.5 Å². The summed E-state index contributed by atoms with van der Waals surface area (Å²) < 4.78 is 11.4. The Morgan fingerprint density at radius 1 is 1.20 bits per heavy atom. The zero-order chi connectivity index (χ0) is 10.7.